The van der Waals surface area contributed by atoms with Crippen LogP contribution in [0.15, 0.2) is 48.5 Å². The molecule has 1 saturated heterocycles. The minimum atomic E-state index is -0.281. The van der Waals surface area contributed by atoms with Crippen LogP contribution in [0, 0.1) is 5.82 Å². The van der Waals surface area contributed by atoms with Crippen molar-refractivity contribution in [3.05, 3.63) is 76.9 Å². The number of piperazine rings is 1. The number of nitrogens with one attached hydrogen (secondary N) is 1. The third-order valence-corrected chi connectivity index (χ3v) is 6.74. The van der Waals surface area contributed by atoms with Crippen LogP contribution in [0.2, 0.25) is 0 Å². The Morgan fingerprint density at radius 2 is 1.73 bits per heavy atom. The molecule has 172 valence electrons. The number of halogens is 1. The van der Waals surface area contributed by atoms with E-state index in [2.05, 4.69) is 40.4 Å². The Labute approximate surface area is 194 Å². The van der Waals surface area contributed by atoms with Gasteiger partial charge in [0.1, 0.15) is 5.82 Å². The maximum absolute atomic E-state index is 13.4. The number of anilines is 1. The zero-order chi connectivity index (χ0) is 22.8. The molecule has 0 bridgehead atoms. The normalized spacial score (nSPS) is 16.5. The number of carbonyl (C=O) groups is 1. The lowest BCUT2D eigenvalue weighted by molar-refractivity contribution is 0.0944. The molecule has 6 nitrogen and oxygen atoms in total. The van der Waals surface area contributed by atoms with Crippen LogP contribution in [0.1, 0.15) is 40.2 Å². The summed E-state index contributed by atoms with van der Waals surface area (Å²) in [6.45, 7) is 4.49. The summed E-state index contributed by atoms with van der Waals surface area (Å²) in [5.74, 6) is -0.432. The molecule has 33 heavy (non-hydrogen) atoms. The molecule has 2 aromatic carbocycles. The molecule has 1 amide bonds. The zero-order valence-electron chi connectivity index (χ0n) is 19.1. The second kappa shape index (κ2) is 9.35. The van der Waals surface area contributed by atoms with Crippen molar-refractivity contribution in [1.82, 2.24) is 20.0 Å². The first-order chi connectivity index (χ1) is 16.1. The molecule has 1 N–H and O–H groups in total. The molecular weight excluding hydrogens is 417 g/mol. The van der Waals surface area contributed by atoms with E-state index >= 15 is 0 Å². The van der Waals surface area contributed by atoms with Gasteiger partial charge in [-0.1, -0.05) is 18.2 Å². The number of aromatic nitrogens is 2. The highest BCUT2D eigenvalue weighted by Crippen LogP contribution is 2.27. The molecule has 1 aromatic heterocycles. The van der Waals surface area contributed by atoms with E-state index in [1.807, 2.05) is 10.7 Å². The summed E-state index contributed by atoms with van der Waals surface area (Å²) in [5.41, 5.74) is 5.67. The van der Waals surface area contributed by atoms with Crippen LogP contribution in [-0.4, -0.2) is 53.8 Å². The van der Waals surface area contributed by atoms with Gasteiger partial charge in [0.05, 0.1) is 5.69 Å². The number of fused-ring (bicyclic) bond motifs is 1. The van der Waals surface area contributed by atoms with E-state index in [-0.39, 0.29) is 11.7 Å². The Hall–Kier alpha value is -3.19. The van der Waals surface area contributed by atoms with Crippen molar-refractivity contribution >= 4 is 11.6 Å². The summed E-state index contributed by atoms with van der Waals surface area (Å²) in [7, 11) is 2.15. The van der Waals surface area contributed by atoms with Crippen molar-refractivity contribution < 1.29 is 9.18 Å². The molecule has 0 atom stereocenters. The largest absolute Gasteiger partial charge is 0.369 e. The van der Waals surface area contributed by atoms with Crippen molar-refractivity contribution in [3.8, 4) is 5.69 Å². The van der Waals surface area contributed by atoms with Gasteiger partial charge >= 0.3 is 0 Å². The number of carbonyl (C=O) groups excluding carboxylic acids is 1. The number of amides is 1. The molecule has 1 aliphatic heterocycles. The monoisotopic (exact) mass is 447 g/mol. The molecule has 2 heterocycles. The Bertz CT molecular complexity index is 1130. The molecule has 0 unspecified atom stereocenters. The second-order valence-corrected chi connectivity index (χ2v) is 8.97. The van der Waals surface area contributed by atoms with E-state index in [9.17, 15) is 9.18 Å². The van der Waals surface area contributed by atoms with Gasteiger partial charge in [0.15, 0.2) is 5.69 Å². The van der Waals surface area contributed by atoms with Crippen LogP contribution < -0.4 is 10.2 Å². The van der Waals surface area contributed by atoms with Crippen LogP contribution in [-0.2, 0) is 19.4 Å². The van der Waals surface area contributed by atoms with E-state index in [1.54, 1.807) is 12.1 Å². The van der Waals surface area contributed by atoms with Crippen LogP contribution in [0.3, 0.4) is 0 Å². The lowest BCUT2D eigenvalue weighted by atomic mass is 9.95. The number of hydrogen-bond acceptors (Lipinski definition) is 4. The summed E-state index contributed by atoms with van der Waals surface area (Å²) in [4.78, 5) is 18.0. The van der Waals surface area contributed by atoms with E-state index in [0.717, 1.165) is 74.4 Å². The Morgan fingerprint density at radius 3 is 2.52 bits per heavy atom. The maximum Gasteiger partial charge on any atom is 0.272 e. The lowest BCUT2D eigenvalue weighted by Crippen LogP contribution is -2.45. The van der Waals surface area contributed by atoms with Gasteiger partial charge in [-0.25, -0.2) is 9.07 Å². The van der Waals surface area contributed by atoms with Crippen molar-refractivity contribution in [2.75, 3.05) is 38.1 Å². The van der Waals surface area contributed by atoms with Gasteiger partial charge in [-0.2, -0.15) is 5.10 Å². The fourth-order valence-corrected chi connectivity index (χ4v) is 4.85. The third kappa shape index (κ3) is 4.50. The van der Waals surface area contributed by atoms with Gasteiger partial charge < -0.3 is 15.1 Å². The SMILES string of the molecule is CN1CCN(c2ccccc2CNC(=O)c2nn(-c3ccc(F)cc3)c3c2CCCC3)CC1. The molecule has 0 radical (unpaired) electrons. The topological polar surface area (TPSA) is 53.4 Å². The number of likely N-dealkylation sites (N-methyl/N-ethyl adjacent to an activating group) is 1. The molecule has 0 saturated carbocycles. The highest BCUT2D eigenvalue weighted by atomic mass is 19.1. The number of para-hydroxylation sites is 1. The maximum atomic E-state index is 13.4. The number of nitrogens with zero attached hydrogens (tertiary/aromatic N) is 4. The third-order valence-electron chi connectivity index (χ3n) is 6.74. The van der Waals surface area contributed by atoms with E-state index < -0.39 is 0 Å². The molecule has 1 aliphatic carbocycles. The van der Waals surface area contributed by atoms with E-state index in [1.165, 1.54) is 17.8 Å². The Kier molecular flexibility index (Phi) is 6.13. The molecule has 0 spiro atoms. The predicted octanol–water partition coefficient (Wildman–Crippen LogP) is 3.57. The van der Waals surface area contributed by atoms with Crippen LogP contribution >= 0.6 is 0 Å². The summed E-state index contributed by atoms with van der Waals surface area (Å²) < 4.78 is 15.2. The van der Waals surface area contributed by atoms with E-state index in [4.69, 9.17) is 5.10 Å². The highest BCUT2D eigenvalue weighted by Gasteiger charge is 2.26. The fourth-order valence-electron chi connectivity index (χ4n) is 4.85. The molecule has 2 aliphatic rings. The van der Waals surface area contributed by atoms with Crippen molar-refractivity contribution in [3.63, 3.8) is 0 Å². The van der Waals surface area contributed by atoms with Crippen molar-refractivity contribution in [2.45, 2.75) is 32.2 Å². The number of benzene rings is 2. The Morgan fingerprint density at radius 1 is 1.00 bits per heavy atom. The quantitative estimate of drug-likeness (QED) is 0.650. The minimum absolute atomic E-state index is 0.151. The van der Waals surface area contributed by atoms with Crippen molar-refractivity contribution in [2.24, 2.45) is 0 Å². The first-order valence-corrected chi connectivity index (χ1v) is 11.8. The first kappa shape index (κ1) is 21.6. The highest BCUT2D eigenvalue weighted by molar-refractivity contribution is 5.94. The molecular formula is C26H30FN5O. The molecule has 7 heteroatoms. The van der Waals surface area contributed by atoms with E-state index in [0.29, 0.717) is 12.2 Å². The summed E-state index contributed by atoms with van der Waals surface area (Å²) in [5, 5.41) is 7.81. The van der Waals surface area contributed by atoms with Crippen LogP contribution in [0.5, 0.6) is 0 Å². The Balaban J connectivity index is 1.37. The van der Waals surface area contributed by atoms with Crippen LogP contribution in [0.25, 0.3) is 5.69 Å². The van der Waals surface area contributed by atoms with Gasteiger partial charge in [-0.3, -0.25) is 4.79 Å². The van der Waals surface area contributed by atoms with Gasteiger partial charge in [0, 0.05) is 49.7 Å². The zero-order valence-corrected chi connectivity index (χ0v) is 19.1. The first-order valence-electron chi connectivity index (χ1n) is 11.8. The fraction of sp³-hybridized carbons (Fsp3) is 0.385. The average Bonchev–Trinajstić information content (AvgIpc) is 3.24. The van der Waals surface area contributed by atoms with Crippen LogP contribution in [0.4, 0.5) is 10.1 Å². The summed E-state index contributed by atoms with van der Waals surface area (Å²) in [6.07, 6.45) is 3.84. The number of hydrogen-bond donors (Lipinski definition) is 1. The summed E-state index contributed by atoms with van der Waals surface area (Å²) in [6, 6.07) is 14.6. The van der Waals surface area contributed by atoms with Gasteiger partial charge in [-0.05, 0) is 68.6 Å². The second-order valence-electron chi connectivity index (χ2n) is 8.97. The minimum Gasteiger partial charge on any atom is -0.369 e. The van der Waals surface area contributed by atoms with Gasteiger partial charge in [0.25, 0.3) is 5.91 Å². The average molecular weight is 448 g/mol. The lowest BCUT2D eigenvalue weighted by Gasteiger charge is -2.35. The van der Waals surface area contributed by atoms with Crippen molar-refractivity contribution in [1.29, 1.82) is 0 Å². The van der Waals surface area contributed by atoms with Gasteiger partial charge in [0.2, 0.25) is 0 Å². The predicted molar refractivity (Wildman–Crippen MR) is 127 cm³/mol. The molecule has 1 fully saturated rings. The number of rotatable bonds is 5. The molecule has 5 rings (SSSR count). The standard InChI is InChI=1S/C26H30FN5O/c1-30-14-16-31(17-15-30)23-8-4-2-6-19(23)18-28-26(33)25-22-7-3-5-9-24(22)32(29-25)21-12-10-20(27)11-13-21/h2,4,6,8,10-13H,3,5,7,9,14-18H2,1H3,(H,28,33). The smallest absolute Gasteiger partial charge is 0.272 e. The molecule has 3 aromatic rings. The van der Waals surface area contributed by atoms with Gasteiger partial charge in [-0.15, -0.1) is 0 Å². The summed E-state index contributed by atoms with van der Waals surface area (Å²) >= 11 is 0.